The minimum atomic E-state index is -0.552. The average Bonchev–Trinajstić information content (AvgIpc) is 3.41. The third-order valence-electron chi connectivity index (χ3n) is 6.03. The number of nitrogens with zero attached hydrogens (tertiary/aromatic N) is 3. The summed E-state index contributed by atoms with van der Waals surface area (Å²) in [5.41, 5.74) is 3.65. The summed E-state index contributed by atoms with van der Waals surface area (Å²) in [5, 5.41) is 2.93. The molecule has 1 fully saturated rings. The fourth-order valence-electron chi connectivity index (χ4n) is 4.59. The molecule has 0 spiro atoms. The Morgan fingerprint density at radius 1 is 1.10 bits per heavy atom. The molecule has 1 aliphatic carbocycles. The molecule has 0 bridgehead atoms. The molecule has 5 rings (SSSR count). The number of para-hydroxylation sites is 2. The Balaban J connectivity index is 1.47. The van der Waals surface area contributed by atoms with Crippen LogP contribution in [0.1, 0.15) is 43.7 Å². The number of benzene rings is 2. The molecule has 0 saturated heterocycles. The van der Waals surface area contributed by atoms with E-state index in [1.54, 1.807) is 0 Å². The van der Waals surface area contributed by atoms with Gasteiger partial charge in [0.2, 0.25) is 11.9 Å². The first-order valence-electron chi connectivity index (χ1n) is 10.3. The van der Waals surface area contributed by atoms with Crippen molar-refractivity contribution in [1.29, 1.82) is 0 Å². The van der Waals surface area contributed by atoms with E-state index in [0.717, 1.165) is 48.0 Å². The molecule has 6 nitrogen and oxygen atoms in total. The van der Waals surface area contributed by atoms with Gasteiger partial charge in [-0.15, -0.1) is 0 Å². The van der Waals surface area contributed by atoms with Crippen molar-refractivity contribution in [2.75, 3.05) is 10.2 Å². The van der Waals surface area contributed by atoms with Crippen molar-refractivity contribution in [3.05, 3.63) is 54.1 Å². The lowest BCUT2D eigenvalue weighted by Crippen LogP contribution is -2.38. The third kappa shape index (κ3) is 3.09. The van der Waals surface area contributed by atoms with Crippen LogP contribution in [0.5, 0.6) is 0 Å². The summed E-state index contributed by atoms with van der Waals surface area (Å²) in [6, 6.07) is 15.1. The van der Waals surface area contributed by atoms with E-state index >= 15 is 0 Å². The Hall–Kier alpha value is -3.15. The number of carbonyl (C=O) groups is 2. The highest BCUT2D eigenvalue weighted by molar-refractivity contribution is 6.05. The number of rotatable bonds is 4. The quantitative estimate of drug-likeness (QED) is 0.728. The van der Waals surface area contributed by atoms with Gasteiger partial charge in [0.15, 0.2) is 0 Å². The van der Waals surface area contributed by atoms with Gasteiger partial charge in [0.25, 0.3) is 5.91 Å². The molecule has 1 saturated carbocycles. The highest BCUT2D eigenvalue weighted by atomic mass is 16.2. The summed E-state index contributed by atoms with van der Waals surface area (Å²) < 4.78 is 1.96. The van der Waals surface area contributed by atoms with Crippen molar-refractivity contribution < 1.29 is 9.59 Å². The number of hydrogen-bond donors (Lipinski definition) is 1. The second-order valence-corrected chi connectivity index (χ2v) is 8.05. The second-order valence-electron chi connectivity index (χ2n) is 8.05. The third-order valence-corrected chi connectivity index (χ3v) is 6.03. The van der Waals surface area contributed by atoms with Crippen LogP contribution in [0.2, 0.25) is 0 Å². The van der Waals surface area contributed by atoms with Crippen molar-refractivity contribution >= 4 is 34.5 Å². The summed E-state index contributed by atoms with van der Waals surface area (Å²) in [6.07, 6.45) is 4.36. The highest BCUT2D eigenvalue weighted by Gasteiger charge is 2.44. The van der Waals surface area contributed by atoms with Crippen molar-refractivity contribution in [3.63, 3.8) is 0 Å². The van der Waals surface area contributed by atoms with E-state index in [1.807, 2.05) is 64.9 Å². The van der Waals surface area contributed by atoms with Crippen LogP contribution in [0.4, 0.5) is 11.6 Å². The summed E-state index contributed by atoms with van der Waals surface area (Å²) in [6.45, 7) is 2.01. The van der Waals surface area contributed by atoms with Crippen molar-refractivity contribution in [3.8, 4) is 0 Å². The van der Waals surface area contributed by atoms with Crippen LogP contribution in [0.3, 0.4) is 0 Å². The van der Waals surface area contributed by atoms with Gasteiger partial charge >= 0.3 is 0 Å². The van der Waals surface area contributed by atoms with E-state index in [0.29, 0.717) is 5.95 Å². The molecule has 0 radical (unpaired) electrons. The van der Waals surface area contributed by atoms with E-state index in [1.165, 1.54) is 0 Å². The number of aryl methyl sites for hydroxylation is 1. The van der Waals surface area contributed by atoms with Gasteiger partial charge in [-0.1, -0.05) is 42.7 Å². The molecular weight excluding hydrogens is 364 g/mol. The smallest absolute Gasteiger partial charge is 0.253 e. The zero-order valence-corrected chi connectivity index (χ0v) is 16.5. The Kier molecular flexibility index (Phi) is 4.34. The normalized spacial score (nSPS) is 19.1. The molecule has 3 aromatic rings. The monoisotopic (exact) mass is 388 g/mol. The van der Waals surface area contributed by atoms with Crippen LogP contribution in [0, 0.1) is 6.92 Å². The number of carbonyl (C=O) groups excluding carboxylic acids is 2. The van der Waals surface area contributed by atoms with E-state index in [9.17, 15) is 9.59 Å². The van der Waals surface area contributed by atoms with E-state index in [4.69, 9.17) is 4.98 Å². The van der Waals surface area contributed by atoms with Crippen LogP contribution < -0.4 is 10.2 Å². The maximum Gasteiger partial charge on any atom is 0.253 e. The van der Waals surface area contributed by atoms with Crippen LogP contribution >= 0.6 is 0 Å². The SMILES string of the molecule is Cc1ccc(NC(=O)C[C@H]2C(=O)N(C3CCCC3)c3nc4ccccc4n32)cc1. The largest absolute Gasteiger partial charge is 0.326 e. The Labute approximate surface area is 169 Å². The maximum atomic E-state index is 13.4. The fraction of sp³-hybridized carbons (Fsp3) is 0.348. The first kappa shape index (κ1) is 17.9. The van der Waals surface area contributed by atoms with Crippen LogP contribution in [0.25, 0.3) is 11.0 Å². The lowest BCUT2D eigenvalue weighted by Gasteiger charge is -2.22. The van der Waals surface area contributed by atoms with Gasteiger partial charge in [-0.3, -0.25) is 19.1 Å². The van der Waals surface area contributed by atoms with E-state index < -0.39 is 6.04 Å². The molecule has 2 heterocycles. The maximum absolute atomic E-state index is 13.4. The molecule has 1 N–H and O–H groups in total. The molecule has 6 heteroatoms. The molecule has 29 heavy (non-hydrogen) atoms. The molecule has 0 unspecified atom stereocenters. The molecule has 2 aliphatic rings. The van der Waals surface area contributed by atoms with Gasteiger partial charge in [-0.05, 0) is 44.0 Å². The van der Waals surface area contributed by atoms with E-state index in [-0.39, 0.29) is 24.3 Å². The van der Waals surface area contributed by atoms with Crippen molar-refractivity contribution in [2.45, 2.75) is 51.1 Å². The highest BCUT2D eigenvalue weighted by Crippen LogP contribution is 2.40. The number of aromatic nitrogens is 2. The Bertz CT molecular complexity index is 1080. The van der Waals surface area contributed by atoms with Crippen LogP contribution in [0.15, 0.2) is 48.5 Å². The van der Waals surface area contributed by atoms with Crippen molar-refractivity contribution in [2.24, 2.45) is 0 Å². The number of hydrogen-bond acceptors (Lipinski definition) is 3. The minimum Gasteiger partial charge on any atom is -0.326 e. The lowest BCUT2D eigenvalue weighted by atomic mass is 10.1. The topological polar surface area (TPSA) is 67.2 Å². The summed E-state index contributed by atoms with van der Waals surface area (Å²) in [5.74, 6) is 0.518. The summed E-state index contributed by atoms with van der Waals surface area (Å²) >= 11 is 0. The zero-order valence-electron chi connectivity index (χ0n) is 16.5. The first-order chi connectivity index (χ1) is 14.1. The molecule has 1 atom stereocenters. The zero-order chi connectivity index (χ0) is 20.0. The first-order valence-corrected chi connectivity index (χ1v) is 10.3. The van der Waals surface area contributed by atoms with E-state index in [2.05, 4.69) is 5.32 Å². The molecular formula is C23H24N4O2. The number of anilines is 2. The predicted octanol–water partition coefficient (Wildman–Crippen LogP) is 4.20. The number of amides is 2. The van der Waals surface area contributed by atoms with Gasteiger partial charge in [-0.25, -0.2) is 4.98 Å². The molecule has 2 aromatic carbocycles. The van der Waals surface area contributed by atoms with Gasteiger partial charge in [0.05, 0.1) is 17.5 Å². The molecule has 2 amide bonds. The van der Waals surface area contributed by atoms with Crippen LogP contribution in [-0.4, -0.2) is 27.4 Å². The Morgan fingerprint density at radius 2 is 1.83 bits per heavy atom. The Morgan fingerprint density at radius 3 is 2.59 bits per heavy atom. The average molecular weight is 388 g/mol. The molecule has 1 aromatic heterocycles. The predicted molar refractivity (Wildman–Crippen MR) is 113 cm³/mol. The molecule has 148 valence electrons. The van der Waals surface area contributed by atoms with Gasteiger partial charge < -0.3 is 5.32 Å². The summed E-state index contributed by atoms with van der Waals surface area (Å²) in [7, 11) is 0. The number of fused-ring (bicyclic) bond motifs is 3. The van der Waals surface area contributed by atoms with Crippen LogP contribution in [-0.2, 0) is 9.59 Å². The minimum absolute atomic E-state index is 0.00999. The standard InChI is InChI=1S/C23H24N4O2/c1-15-10-12-16(13-11-15)24-21(28)14-20-22(29)26(17-6-2-3-7-17)23-25-18-8-4-5-9-19(18)27(20)23/h4-5,8-13,17,20H,2-3,6-7,14H2,1H3,(H,24,28)/t20-/m0/s1. The number of nitrogens with one attached hydrogen (secondary N) is 1. The van der Waals surface area contributed by atoms with Gasteiger partial charge in [0.1, 0.15) is 6.04 Å². The van der Waals surface area contributed by atoms with Crippen molar-refractivity contribution in [1.82, 2.24) is 9.55 Å². The summed E-state index contributed by atoms with van der Waals surface area (Å²) in [4.78, 5) is 32.8. The second kappa shape index (κ2) is 7.03. The number of imidazole rings is 1. The van der Waals surface area contributed by atoms with Gasteiger partial charge in [-0.2, -0.15) is 0 Å². The fourth-order valence-corrected chi connectivity index (χ4v) is 4.59. The van der Waals surface area contributed by atoms with Gasteiger partial charge in [0, 0.05) is 11.7 Å². The lowest BCUT2D eigenvalue weighted by molar-refractivity contribution is -0.125. The molecule has 1 aliphatic heterocycles.